The lowest BCUT2D eigenvalue weighted by atomic mass is 10.1. The van der Waals surface area contributed by atoms with Gasteiger partial charge in [-0.05, 0) is 25.0 Å². The van der Waals surface area contributed by atoms with Gasteiger partial charge in [0, 0.05) is 31.9 Å². The van der Waals surface area contributed by atoms with Crippen LogP contribution in [-0.4, -0.2) is 65.5 Å². The molecule has 1 aliphatic rings. The fourth-order valence-electron chi connectivity index (χ4n) is 2.81. The number of rotatable bonds is 6. The van der Waals surface area contributed by atoms with Gasteiger partial charge in [0.1, 0.15) is 6.04 Å². The monoisotopic (exact) mass is 319 g/mol. The number of carboxylic acids is 1. The van der Waals surface area contributed by atoms with Crippen LogP contribution < -0.4 is 5.32 Å². The molecule has 1 aromatic carbocycles. The van der Waals surface area contributed by atoms with Gasteiger partial charge in [-0.25, -0.2) is 0 Å². The Morgan fingerprint density at radius 2 is 1.87 bits per heavy atom. The predicted molar refractivity (Wildman–Crippen MR) is 89.6 cm³/mol. The molecule has 1 saturated heterocycles. The van der Waals surface area contributed by atoms with Crippen LogP contribution in [0.25, 0.3) is 0 Å². The highest BCUT2D eigenvalue weighted by atomic mass is 16.4. The van der Waals surface area contributed by atoms with Crippen LogP contribution in [0, 0.1) is 0 Å². The molecular formula is C17H25N3O3. The van der Waals surface area contributed by atoms with Crippen LogP contribution in [0.15, 0.2) is 24.3 Å². The summed E-state index contributed by atoms with van der Waals surface area (Å²) < 4.78 is 0. The van der Waals surface area contributed by atoms with Crippen LogP contribution in [0.2, 0.25) is 0 Å². The zero-order chi connectivity index (χ0) is 16.8. The first-order valence-electron chi connectivity index (χ1n) is 8.08. The standard InChI is InChI=1S/C17H25N3O3/c1-3-14-6-4-5-7-15(14)18-16(21)12-19-8-10-20(11-9-19)13(2)17(22)23/h4-7,13H,3,8-12H2,1-2H3,(H,18,21)(H,22,23). The van der Waals surface area contributed by atoms with Gasteiger partial charge in [-0.15, -0.1) is 0 Å². The molecular weight excluding hydrogens is 294 g/mol. The lowest BCUT2D eigenvalue weighted by Crippen LogP contribution is -2.52. The maximum atomic E-state index is 12.2. The Morgan fingerprint density at radius 1 is 1.22 bits per heavy atom. The molecule has 0 spiro atoms. The number of carboxylic acid groups (broad SMARTS) is 1. The highest BCUT2D eigenvalue weighted by Crippen LogP contribution is 2.15. The number of amides is 1. The summed E-state index contributed by atoms with van der Waals surface area (Å²) in [6, 6.07) is 7.35. The zero-order valence-electron chi connectivity index (χ0n) is 13.8. The molecule has 126 valence electrons. The van der Waals surface area contributed by atoms with Crippen molar-refractivity contribution >= 4 is 17.6 Å². The van der Waals surface area contributed by atoms with Crippen molar-refractivity contribution in [1.82, 2.24) is 9.80 Å². The van der Waals surface area contributed by atoms with Gasteiger partial charge in [-0.1, -0.05) is 25.1 Å². The van der Waals surface area contributed by atoms with E-state index < -0.39 is 12.0 Å². The van der Waals surface area contributed by atoms with Crippen LogP contribution in [0.3, 0.4) is 0 Å². The molecule has 1 atom stereocenters. The number of hydrogen-bond acceptors (Lipinski definition) is 4. The molecule has 1 amide bonds. The minimum atomic E-state index is -0.799. The zero-order valence-corrected chi connectivity index (χ0v) is 13.8. The van der Waals surface area contributed by atoms with E-state index in [1.54, 1.807) is 6.92 Å². The summed E-state index contributed by atoms with van der Waals surface area (Å²) in [6.07, 6.45) is 0.877. The second-order valence-electron chi connectivity index (χ2n) is 5.89. The largest absolute Gasteiger partial charge is 0.480 e. The number of piperazine rings is 1. The molecule has 0 radical (unpaired) electrons. The second kappa shape index (κ2) is 8.08. The van der Waals surface area contributed by atoms with Crippen LogP contribution >= 0.6 is 0 Å². The smallest absolute Gasteiger partial charge is 0.320 e. The third-order valence-corrected chi connectivity index (χ3v) is 4.35. The minimum absolute atomic E-state index is 0.0226. The van der Waals surface area contributed by atoms with E-state index in [4.69, 9.17) is 5.11 Å². The van der Waals surface area contributed by atoms with Crippen molar-refractivity contribution < 1.29 is 14.7 Å². The molecule has 6 nitrogen and oxygen atoms in total. The van der Waals surface area contributed by atoms with Gasteiger partial charge in [0.05, 0.1) is 6.54 Å². The second-order valence-corrected chi connectivity index (χ2v) is 5.89. The topological polar surface area (TPSA) is 72.9 Å². The maximum Gasteiger partial charge on any atom is 0.320 e. The van der Waals surface area contributed by atoms with Gasteiger partial charge in [-0.2, -0.15) is 0 Å². The molecule has 2 N–H and O–H groups in total. The summed E-state index contributed by atoms with van der Waals surface area (Å²) in [5, 5.41) is 12.0. The number of aryl methyl sites for hydroxylation is 1. The molecule has 1 heterocycles. The van der Waals surface area contributed by atoms with E-state index in [0.29, 0.717) is 32.7 Å². The third kappa shape index (κ3) is 4.77. The molecule has 0 saturated carbocycles. The molecule has 0 aliphatic carbocycles. The van der Waals surface area contributed by atoms with E-state index in [0.717, 1.165) is 17.7 Å². The maximum absolute atomic E-state index is 12.2. The van der Waals surface area contributed by atoms with Gasteiger partial charge in [0.25, 0.3) is 0 Å². The first-order chi connectivity index (χ1) is 11.0. The number of carbonyl (C=O) groups excluding carboxylic acids is 1. The van der Waals surface area contributed by atoms with E-state index in [2.05, 4.69) is 17.1 Å². The summed E-state index contributed by atoms with van der Waals surface area (Å²) in [7, 11) is 0. The van der Waals surface area contributed by atoms with Crippen molar-refractivity contribution in [2.45, 2.75) is 26.3 Å². The number of anilines is 1. The number of para-hydroxylation sites is 1. The molecule has 23 heavy (non-hydrogen) atoms. The Kier molecular flexibility index (Phi) is 6.12. The van der Waals surface area contributed by atoms with Crippen molar-refractivity contribution in [2.24, 2.45) is 0 Å². The Balaban J connectivity index is 1.82. The van der Waals surface area contributed by atoms with Crippen LogP contribution in [0.5, 0.6) is 0 Å². The molecule has 1 aromatic rings. The highest BCUT2D eigenvalue weighted by molar-refractivity contribution is 5.93. The first-order valence-corrected chi connectivity index (χ1v) is 8.08. The summed E-state index contributed by atoms with van der Waals surface area (Å²) in [4.78, 5) is 27.2. The summed E-state index contributed by atoms with van der Waals surface area (Å²) in [6.45, 7) is 6.87. The molecule has 1 unspecified atom stereocenters. The van der Waals surface area contributed by atoms with E-state index in [1.807, 2.05) is 29.2 Å². The fourth-order valence-corrected chi connectivity index (χ4v) is 2.81. The Morgan fingerprint density at radius 3 is 2.48 bits per heavy atom. The van der Waals surface area contributed by atoms with Crippen LogP contribution in [-0.2, 0) is 16.0 Å². The van der Waals surface area contributed by atoms with E-state index >= 15 is 0 Å². The molecule has 6 heteroatoms. The number of aliphatic carboxylic acids is 1. The van der Waals surface area contributed by atoms with Gasteiger partial charge in [-0.3, -0.25) is 19.4 Å². The van der Waals surface area contributed by atoms with Crippen LogP contribution in [0.1, 0.15) is 19.4 Å². The SMILES string of the molecule is CCc1ccccc1NC(=O)CN1CCN(C(C)C(=O)O)CC1. The van der Waals surface area contributed by atoms with E-state index in [9.17, 15) is 9.59 Å². The van der Waals surface area contributed by atoms with Gasteiger partial charge < -0.3 is 10.4 Å². The Hall–Kier alpha value is -1.92. The predicted octanol–water partition coefficient (Wildman–Crippen LogP) is 1.28. The van der Waals surface area contributed by atoms with Crippen LogP contribution in [0.4, 0.5) is 5.69 Å². The van der Waals surface area contributed by atoms with Crippen molar-refractivity contribution in [2.75, 3.05) is 38.0 Å². The van der Waals surface area contributed by atoms with Gasteiger partial charge in [0.15, 0.2) is 0 Å². The van der Waals surface area contributed by atoms with Crippen molar-refractivity contribution in [3.63, 3.8) is 0 Å². The Bertz CT molecular complexity index is 554. The fraction of sp³-hybridized carbons (Fsp3) is 0.529. The summed E-state index contributed by atoms with van der Waals surface area (Å²) >= 11 is 0. The van der Waals surface area contributed by atoms with Crippen molar-refractivity contribution in [3.8, 4) is 0 Å². The average Bonchev–Trinajstić information content (AvgIpc) is 2.55. The number of benzene rings is 1. The summed E-state index contributed by atoms with van der Waals surface area (Å²) in [5.74, 6) is -0.821. The number of nitrogens with zero attached hydrogens (tertiary/aromatic N) is 2. The average molecular weight is 319 g/mol. The Labute approximate surface area is 137 Å². The third-order valence-electron chi connectivity index (χ3n) is 4.35. The lowest BCUT2D eigenvalue weighted by Gasteiger charge is -2.36. The highest BCUT2D eigenvalue weighted by Gasteiger charge is 2.25. The number of carbonyl (C=O) groups is 2. The van der Waals surface area contributed by atoms with Gasteiger partial charge >= 0.3 is 5.97 Å². The van der Waals surface area contributed by atoms with Crippen molar-refractivity contribution in [1.29, 1.82) is 0 Å². The minimum Gasteiger partial charge on any atom is -0.480 e. The van der Waals surface area contributed by atoms with Gasteiger partial charge in [0.2, 0.25) is 5.91 Å². The number of nitrogens with one attached hydrogen (secondary N) is 1. The number of hydrogen-bond donors (Lipinski definition) is 2. The molecule has 1 aliphatic heterocycles. The first kappa shape index (κ1) is 17.4. The molecule has 1 fully saturated rings. The summed E-state index contributed by atoms with van der Waals surface area (Å²) in [5.41, 5.74) is 2.00. The van der Waals surface area contributed by atoms with E-state index in [1.165, 1.54) is 0 Å². The normalized spacial score (nSPS) is 17.7. The lowest BCUT2D eigenvalue weighted by molar-refractivity contribution is -0.143. The molecule has 0 bridgehead atoms. The van der Waals surface area contributed by atoms with E-state index in [-0.39, 0.29) is 5.91 Å². The van der Waals surface area contributed by atoms with Crippen molar-refractivity contribution in [3.05, 3.63) is 29.8 Å². The quantitative estimate of drug-likeness (QED) is 0.826. The molecule has 2 rings (SSSR count). The molecule has 0 aromatic heterocycles.